The summed E-state index contributed by atoms with van der Waals surface area (Å²) < 4.78 is 6.86. The number of hydrogen-bond acceptors (Lipinski definition) is 3. The van der Waals surface area contributed by atoms with Crippen molar-refractivity contribution in [3.8, 4) is 44.5 Å². The lowest BCUT2D eigenvalue weighted by molar-refractivity contribution is 0.660. The topological polar surface area (TPSA) is 16.4 Å². The Morgan fingerprint density at radius 2 is 0.972 bits per heavy atom. The van der Waals surface area contributed by atoms with E-state index in [9.17, 15) is 0 Å². The summed E-state index contributed by atoms with van der Waals surface area (Å²) in [6.45, 7) is 4.70. The number of para-hydroxylation sites is 1. The molecule has 2 aliphatic carbocycles. The Kier molecular flexibility index (Phi) is 8.95. The van der Waals surface area contributed by atoms with E-state index >= 15 is 0 Å². The summed E-state index contributed by atoms with van der Waals surface area (Å²) in [6.07, 6.45) is 0. The zero-order valence-electron chi connectivity index (χ0n) is 39.6. The summed E-state index contributed by atoms with van der Waals surface area (Å²) in [5.74, 6) is 0. The van der Waals surface area contributed by atoms with Crippen molar-refractivity contribution in [2.45, 2.75) is 34.5 Å². The van der Waals surface area contributed by atoms with Gasteiger partial charge in [-0.1, -0.05) is 207 Å². The number of halogens is 1. The maximum atomic E-state index is 6.91. The first-order valence-corrected chi connectivity index (χ1v) is 25.9. The van der Waals surface area contributed by atoms with Crippen molar-refractivity contribution in [3.63, 3.8) is 0 Å². The second kappa shape index (κ2) is 15.5. The molecule has 0 fully saturated rings. The zero-order chi connectivity index (χ0) is 47.9. The van der Waals surface area contributed by atoms with Gasteiger partial charge in [-0.2, -0.15) is 0 Å². The fourth-order valence-corrected chi connectivity index (χ4v) is 14.3. The standard InChI is InChI=1S/C68H44ClNOS/c1-67(2)57-22-9-5-17-50(57)53-33-28-43(36-62(53)67)41-26-30-45(31-27-41)70(47-38-55(49-21-13-15-42-14-3-4-16-48(42)49)66-56(39-47)54-20-8-12-25-63(54)71-66)46-32-35-61-65(40-46)72-64-37-44(69)29-34-60(64)68(61)58-23-10-6-18-51(58)52-19-7-11-24-59(52)68/h3-40H,1-2H3. The molecule has 0 N–H and O–H groups in total. The van der Waals surface area contributed by atoms with Gasteiger partial charge in [-0.05, 0) is 144 Å². The van der Waals surface area contributed by atoms with Gasteiger partial charge >= 0.3 is 0 Å². The third-order valence-electron chi connectivity index (χ3n) is 16.0. The van der Waals surface area contributed by atoms with Crippen LogP contribution in [0.4, 0.5) is 17.1 Å². The molecule has 72 heavy (non-hydrogen) atoms. The molecule has 11 aromatic carbocycles. The number of anilines is 3. The summed E-state index contributed by atoms with van der Waals surface area (Å²) >= 11 is 8.73. The summed E-state index contributed by atoms with van der Waals surface area (Å²) in [4.78, 5) is 4.81. The number of hydrogen-bond donors (Lipinski definition) is 0. The Morgan fingerprint density at radius 1 is 0.389 bits per heavy atom. The van der Waals surface area contributed by atoms with Crippen molar-refractivity contribution in [3.05, 3.63) is 269 Å². The van der Waals surface area contributed by atoms with Crippen LogP contribution in [0, 0.1) is 0 Å². The van der Waals surface area contributed by atoms with Gasteiger partial charge in [0.2, 0.25) is 0 Å². The molecular weight excluding hydrogens is 914 g/mol. The molecule has 12 aromatic rings. The minimum atomic E-state index is -0.527. The van der Waals surface area contributed by atoms with E-state index in [0.29, 0.717) is 0 Å². The lowest BCUT2D eigenvalue weighted by Gasteiger charge is -2.40. The number of rotatable bonds is 5. The predicted molar refractivity (Wildman–Crippen MR) is 301 cm³/mol. The smallest absolute Gasteiger partial charge is 0.143 e. The van der Waals surface area contributed by atoms with Crippen LogP contribution in [0.1, 0.15) is 47.2 Å². The van der Waals surface area contributed by atoms with Crippen molar-refractivity contribution < 1.29 is 4.42 Å². The normalized spacial score (nSPS) is 14.2. The van der Waals surface area contributed by atoms with Crippen LogP contribution in [0.15, 0.2) is 245 Å². The molecule has 15 rings (SSSR count). The Labute approximate surface area is 427 Å². The quantitative estimate of drug-likeness (QED) is 0.171. The van der Waals surface area contributed by atoms with Crippen LogP contribution in [0.2, 0.25) is 5.02 Å². The lowest BCUT2D eigenvalue weighted by Crippen LogP contribution is -2.32. The van der Waals surface area contributed by atoms with Gasteiger partial charge in [-0.25, -0.2) is 0 Å². The minimum absolute atomic E-state index is 0.0894. The van der Waals surface area contributed by atoms with E-state index in [1.807, 2.05) is 11.8 Å². The van der Waals surface area contributed by atoms with Crippen LogP contribution in [0.5, 0.6) is 0 Å². The van der Waals surface area contributed by atoms with E-state index < -0.39 is 5.41 Å². The molecule has 0 saturated heterocycles. The van der Waals surface area contributed by atoms with Crippen molar-refractivity contribution in [2.75, 3.05) is 4.90 Å². The molecule has 1 aromatic heterocycles. The van der Waals surface area contributed by atoms with Crippen molar-refractivity contribution in [2.24, 2.45) is 0 Å². The molecule has 1 aliphatic heterocycles. The highest BCUT2D eigenvalue weighted by molar-refractivity contribution is 7.99. The van der Waals surface area contributed by atoms with E-state index in [4.69, 9.17) is 16.0 Å². The van der Waals surface area contributed by atoms with Gasteiger partial charge in [0.15, 0.2) is 0 Å². The van der Waals surface area contributed by atoms with Crippen LogP contribution >= 0.6 is 23.4 Å². The third-order valence-corrected chi connectivity index (χ3v) is 17.3. The number of nitrogens with zero attached hydrogens (tertiary/aromatic N) is 1. The van der Waals surface area contributed by atoms with E-state index in [-0.39, 0.29) is 5.41 Å². The van der Waals surface area contributed by atoms with Crippen molar-refractivity contribution >= 4 is 73.1 Å². The molecule has 0 amide bonds. The molecule has 4 heteroatoms. The summed E-state index contributed by atoms with van der Waals surface area (Å²) in [7, 11) is 0. The molecule has 340 valence electrons. The van der Waals surface area contributed by atoms with Gasteiger partial charge in [-0.3, -0.25) is 0 Å². The number of fused-ring (bicyclic) bond motifs is 16. The van der Waals surface area contributed by atoms with Crippen LogP contribution in [-0.4, -0.2) is 0 Å². The van der Waals surface area contributed by atoms with E-state index in [1.54, 1.807) is 0 Å². The minimum Gasteiger partial charge on any atom is -0.455 e. The van der Waals surface area contributed by atoms with Crippen LogP contribution in [0.25, 0.3) is 77.2 Å². The Hall–Kier alpha value is -8.08. The van der Waals surface area contributed by atoms with Crippen molar-refractivity contribution in [1.82, 2.24) is 0 Å². The SMILES string of the molecule is CC1(C)c2ccccc2-c2ccc(-c3ccc(N(c4ccc5c(c4)Sc4cc(Cl)ccc4C54c5ccccc5-c5ccccc54)c4cc(-c5cccc6ccccc56)c5oc6ccccc6c5c4)cc3)cc21. The number of benzene rings is 11. The highest BCUT2D eigenvalue weighted by atomic mass is 35.5. The molecule has 2 nitrogen and oxygen atoms in total. The van der Waals surface area contributed by atoms with E-state index in [0.717, 1.165) is 55.2 Å². The van der Waals surface area contributed by atoms with Gasteiger partial charge in [0.1, 0.15) is 11.2 Å². The monoisotopic (exact) mass is 957 g/mol. The maximum absolute atomic E-state index is 6.91. The molecule has 0 unspecified atom stereocenters. The highest BCUT2D eigenvalue weighted by Crippen LogP contribution is 2.63. The molecule has 0 radical (unpaired) electrons. The largest absolute Gasteiger partial charge is 0.455 e. The molecule has 3 aliphatic rings. The van der Waals surface area contributed by atoms with Crippen LogP contribution in [0.3, 0.4) is 0 Å². The lowest BCUT2D eigenvalue weighted by atomic mass is 9.67. The first kappa shape index (κ1) is 41.7. The summed E-state index contributed by atoms with van der Waals surface area (Å²) in [6, 6.07) is 85.0. The first-order valence-electron chi connectivity index (χ1n) is 24.7. The molecule has 0 saturated carbocycles. The maximum Gasteiger partial charge on any atom is 0.143 e. The average Bonchev–Trinajstić information content (AvgIpc) is 4.02. The first-order chi connectivity index (χ1) is 35.3. The third kappa shape index (κ3) is 5.87. The Bertz CT molecular complexity index is 4210. The second-order valence-corrected chi connectivity index (χ2v) is 21.6. The number of furan rings is 1. The highest BCUT2D eigenvalue weighted by Gasteiger charge is 2.50. The zero-order valence-corrected chi connectivity index (χ0v) is 41.2. The van der Waals surface area contributed by atoms with Crippen LogP contribution < -0.4 is 4.90 Å². The van der Waals surface area contributed by atoms with E-state index in [1.165, 1.54) is 87.3 Å². The predicted octanol–water partition coefficient (Wildman–Crippen LogP) is 19.3. The molecule has 0 atom stereocenters. The summed E-state index contributed by atoms with van der Waals surface area (Å²) in [5.41, 5.74) is 21.9. The van der Waals surface area contributed by atoms with Gasteiger partial charge in [0.25, 0.3) is 0 Å². The van der Waals surface area contributed by atoms with Gasteiger partial charge in [-0.15, -0.1) is 0 Å². The average molecular weight is 959 g/mol. The molecule has 0 bridgehead atoms. The van der Waals surface area contributed by atoms with Crippen LogP contribution in [-0.2, 0) is 10.8 Å². The molecule has 1 spiro atoms. The van der Waals surface area contributed by atoms with Gasteiger partial charge < -0.3 is 9.32 Å². The molecule has 2 heterocycles. The van der Waals surface area contributed by atoms with Gasteiger partial charge in [0.05, 0.1) is 5.41 Å². The van der Waals surface area contributed by atoms with Crippen molar-refractivity contribution in [1.29, 1.82) is 0 Å². The Balaban J connectivity index is 0.959. The fourth-order valence-electron chi connectivity index (χ4n) is 12.7. The Morgan fingerprint density at radius 3 is 1.75 bits per heavy atom. The van der Waals surface area contributed by atoms with E-state index in [2.05, 4.69) is 249 Å². The molecular formula is C68H44ClNOS. The summed E-state index contributed by atoms with van der Waals surface area (Å²) in [5, 5.41) is 5.26. The fraction of sp³-hybridized carbons (Fsp3) is 0.0588. The van der Waals surface area contributed by atoms with Gasteiger partial charge in [0, 0.05) is 53.6 Å². The second-order valence-electron chi connectivity index (χ2n) is 20.1.